The van der Waals surface area contributed by atoms with E-state index in [1.54, 1.807) is 20.2 Å². The van der Waals surface area contributed by atoms with Crippen molar-refractivity contribution in [3.8, 4) is 16.9 Å². The second-order valence-corrected chi connectivity index (χ2v) is 12.5. The molecule has 13 heteroatoms. The van der Waals surface area contributed by atoms with Gasteiger partial charge in [-0.2, -0.15) is 0 Å². The minimum Gasteiger partial charge on any atom is -0.507 e. The van der Waals surface area contributed by atoms with Crippen LogP contribution in [0.2, 0.25) is 0 Å². The molecular weight excluding hydrogens is 587 g/mol. The smallest absolute Gasteiger partial charge is 0.254 e. The van der Waals surface area contributed by atoms with E-state index in [0.29, 0.717) is 29.8 Å². The summed E-state index contributed by atoms with van der Waals surface area (Å²) in [6.07, 6.45) is -1.59. The minimum absolute atomic E-state index is 0.0454. The Balaban J connectivity index is 1.61. The van der Waals surface area contributed by atoms with Gasteiger partial charge in [0.2, 0.25) is 11.7 Å². The number of likely N-dealkylation sites (N-methyl/N-ethyl adjacent to an activating group) is 2. The molecule has 3 aliphatic rings. The topological polar surface area (TPSA) is 194 Å². The average molecular weight is 625 g/mol. The molecule has 2 fully saturated rings. The summed E-state index contributed by atoms with van der Waals surface area (Å²) in [6, 6.07) is 5.80. The van der Waals surface area contributed by atoms with Crippen molar-refractivity contribution in [3.63, 3.8) is 0 Å². The molecule has 2 saturated carbocycles. The van der Waals surface area contributed by atoms with E-state index in [1.807, 2.05) is 19.0 Å². The van der Waals surface area contributed by atoms with Crippen LogP contribution in [0.4, 0.5) is 4.39 Å². The van der Waals surface area contributed by atoms with Crippen LogP contribution in [0.25, 0.3) is 16.9 Å². The van der Waals surface area contributed by atoms with Gasteiger partial charge in [0.25, 0.3) is 5.91 Å². The molecule has 2 amide bonds. The van der Waals surface area contributed by atoms with E-state index in [0.717, 1.165) is 6.07 Å². The number of aliphatic hydroxyl groups excluding tert-OH is 2. The first-order valence-electron chi connectivity index (χ1n) is 14.6. The lowest BCUT2D eigenvalue weighted by atomic mass is 9.54. The quantitative estimate of drug-likeness (QED) is 0.232. The molecule has 0 saturated heterocycles. The van der Waals surface area contributed by atoms with Crippen LogP contribution in [0, 0.1) is 23.6 Å². The van der Waals surface area contributed by atoms with Crippen molar-refractivity contribution in [2.45, 2.75) is 30.6 Å². The number of phenols is 1. The molecule has 240 valence electrons. The molecule has 5 rings (SSSR count). The number of aromatic hydroxyl groups is 1. The summed E-state index contributed by atoms with van der Waals surface area (Å²) >= 11 is 0. The van der Waals surface area contributed by atoms with Gasteiger partial charge in [-0.3, -0.25) is 19.2 Å². The molecule has 0 heterocycles. The van der Waals surface area contributed by atoms with E-state index in [1.165, 1.54) is 23.1 Å². The zero-order chi connectivity index (χ0) is 33.1. The van der Waals surface area contributed by atoms with Gasteiger partial charge < -0.3 is 41.3 Å². The third kappa shape index (κ3) is 5.09. The molecule has 7 N–H and O–H groups in total. The van der Waals surface area contributed by atoms with E-state index in [2.05, 4.69) is 5.32 Å². The number of primary amides is 1. The standard InChI is InChI=1S/C32H37FN4O8/c1-36(2)10-9-35-31(44)18-11-14(5-7-20(18)33)16-6-8-21(38)23-17(16)12-15-13-19-25(37(3)4)27(40)24(30(34)43)29(42)32(19,45)28(41)22(15)26(23)39/h5-8,11,15,19,24-25,27,38-40,45H,9-10,12-13H2,1-4H3,(H2,34,43)(H,35,44)/t15?,19?,24?,25-,27?,32-/m0/s1. The maximum absolute atomic E-state index is 14.8. The molecule has 45 heavy (non-hydrogen) atoms. The first kappa shape index (κ1) is 32.2. The fourth-order valence-electron chi connectivity index (χ4n) is 7.23. The molecule has 12 nitrogen and oxygen atoms in total. The van der Waals surface area contributed by atoms with Gasteiger partial charge in [-0.05, 0) is 81.8 Å². The van der Waals surface area contributed by atoms with E-state index < -0.39 is 70.5 Å². The minimum atomic E-state index is -2.76. The van der Waals surface area contributed by atoms with Crippen molar-refractivity contribution >= 4 is 29.1 Å². The number of carbonyl (C=O) groups excluding carboxylic acids is 4. The highest BCUT2D eigenvalue weighted by Gasteiger charge is 2.67. The first-order valence-corrected chi connectivity index (χ1v) is 14.6. The van der Waals surface area contributed by atoms with Gasteiger partial charge in [-0.15, -0.1) is 0 Å². The predicted molar refractivity (Wildman–Crippen MR) is 160 cm³/mol. The number of rotatable bonds is 7. The summed E-state index contributed by atoms with van der Waals surface area (Å²) in [7, 11) is 6.82. The SMILES string of the molecule is CN(C)CCNC(=O)c1cc(-c2ccc(O)c3c2CC2CC4[C@H](N(C)C)C(O)C(C(N)=O)C(=O)[C@@]4(O)C(=O)C2=C3O)ccc1F. The Labute approximate surface area is 258 Å². The molecule has 0 aromatic heterocycles. The van der Waals surface area contributed by atoms with Gasteiger partial charge in [0.15, 0.2) is 11.4 Å². The number of fused-ring (bicyclic) bond motifs is 3. The Morgan fingerprint density at radius 3 is 2.42 bits per heavy atom. The normalized spacial score (nSPS) is 27.7. The fraction of sp³-hybridized carbons (Fsp3) is 0.438. The second-order valence-electron chi connectivity index (χ2n) is 12.5. The summed E-state index contributed by atoms with van der Waals surface area (Å²) in [5, 5.41) is 47.8. The first-order chi connectivity index (χ1) is 21.1. The van der Waals surface area contributed by atoms with Crippen LogP contribution in [0.3, 0.4) is 0 Å². The van der Waals surface area contributed by atoms with Gasteiger partial charge in [-0.1, -0.05) is 12.1 Å². The number of carbonyl (C=O) groups is 4. The van der Waals surface area contributed by atoms with Gasteiger partial charge in [-0.25, -0.2) is 4.39 Å². The Bertz CT molecular complexity index is 1640. The molecular formula is C32H37FN4O8. The molecule has 2 aromatic carbocycles. The number of hydrogen-bond acceptors (Lipinski definition) is 10. The Morgan fingerprint density at radius 2 is 1.80 bits per heavy atom. The van der Waals surface area contributed by atoms with E-state index in [4.69, 9.17) is 5.73 Å². The summed E-state index contributed by atoms with van der Waals surface area (Å²) in [5.74, 6) is -9.71. The van der Waals surface area contributed by atoms with Crippen molar-refractivity contribution in [2.24, 2.45) is 23.5 Å². The maximum Gasteiger partial charge on any atom is 0.254 e. The molecule has 2 aromatic rings. The largest absolute Gasteiger partial charge is 0.507 e. The number of Topliss-reactive ketones (excluding diaryl/α,β-unsaturated/α-hetero) is 2. The van der Waals surface area contributed by atoms with Crippen LogP contribution in [-0.2, 0) is 20.8 Å². The summed E-state index contributed by atoms with van der Waals surface area (Å²) in [6.45, 7) is 0.837. The molecule has 0 aliphatic heterocycles. The van der Waals surface area contributed by atoms with Crippen molar-refractivity contribution in [1.82, 2.24) is 15.1 Å². The number of benzene rings is 2. The third-order valence-corrected chi connectivity index (χ3v) is 9.34. The van der Waals surface area contributed by atoms with Gasteiger partial charge in [0.1, 0.15) is 23.2 Å². The highest BCUT2D eigenvalue weighted by molar-refractivity contribution is 6.25. The van der Waals surface area contributed by atoms with Crippen LogP contribution in [0.5, 0.6) is 5.75 Å². The molecule has 0 spiro atoms. The molecule has 4 unspecified atom stereocenters. The number of nitrogens with one attached hydrogen (secondary N) is 1. The van der Waals surface area contributed by atoms with Crippen LogP contribution in [0.15, 0.2) is 35.9 Å². The summed E-state index contributed by atoms with van der Waals surface area (Å²) in [4.78, 5) is 55.9. The number of nitrogens with zero attached hydrogens (tertiary/aromatic N) is 2. The van der Waals surface area contributed by atoms with Crippen LogP contribution >= 0.6 is 0 Å². The number of ketones is 2. The van der Waals surface area contributed by atoms with E-state index in [-0.39, 0.29) is 35.3 Å². The summed E-state index contributed by atoms with van der Waals surface area (Å²) < 4.78 is 14.8. The van der Waals surface area contributed by atoms with E-state index in [9.17, 15) is 44.0 Å². The van der Waals surface area contributed by atoms with Crippen LogP contribution in [0.1, 0.15) is 27.9 Å². The fourth-order valence-corrected chi connectivity index (χ4v) is 7.23. The number of nitrogens with two attached hydrogens (primary N) is 1. The lowest BCUT2D eigenvalue weighted by Crippen LogP contribution is -2.73. The highest BCUT2D eigenvalue weighted by Crippen LogP contribution is 2.53. The lowest BCUT2D eigenvalue weighted by molar-refractivity contribution is -0.184. The number of hydrogen-bond donors (Lipinski definition) is 6. The number of phenolic OH excluding ortho intramolecular Hbond substituents is 1. The number of halogens is 1. The van der Waals surface area contributed by atoms with Crippen molar-refractivity contribution in [3.05, 3.63) is 58.4 Å². The monoisotopic (exact) mass is 624 g/mol. The van der Waals surface area contributed by atoms with Crippen molar-refractivity contribution in [2.75, 3.05) is 41.3 Å². The van der Waals surface area contributed by atoms with Crippen molar-refractivity contribution in [1.29, 1.82) is 0 Å². The van der Waals surface area contributed by atoms with Gasteiger partial charge in [0.05, 0.1) is 17.2 Å². The highest BCUT2D eigenvalue weighted by atomic mass is 19.1. The lowest BCUT2D eigenvalue weighted by Gasteiger charge is -2.53. The van der Waals surface area contributed by atoms with Crippen LogP contribution in [-0.4, -0.2) is 113 Å². The molecule has 3 aliphatic carbocycles. The number of amides is 2. The maximum atomic E-state index is 14.8. The zero-order valence-corrected chi connectivity index (χ0v) is 25.4. The summed E-state index contributed by atoms with van der Waals surface area (Å²) in [5.41, 5.74) is 3.36. The predicted octanol–water partition coefficient (Wildman–Crippen LogP) is 0.227. The van der Waals surface area contributed by atoms with Crippen LogP contribution < -0.4 is 11.1 Å². The molecule has 0 bridgehead atoms. The van der Waals surface area contributed by atoms with Gasteiger partial charge in [0, 0.05) is 30.6 Å². The van der Waals surface area contributed by atoms with Crippen molar-refractivity contribution < 1.29 is 44.0 Å². The Hall–Kier alpha value is -4.17. The molecule has 0 radical (unpaired) electrons. The van der Waals surface area contributed by atoms with E-state index >= 15 is 0 Å². The number of aliphatic hydroxyl groups is 3. The Morgan fingerprint density at radius 1 is 1.11 bits per heavy atom. The Kier molecular flexibility index (Phi) is 8.34. The molecule has 6 atom stereocenters. The average Bonchev–Trinajstić information content (AvgIpc) is 2.95. The zero-order valence-electron chi connectivity index (χ0n) is 25.4. The third-order valence-electron chi connectivity index (χ3n) is 9.34. The van der Waals surface area contributed by atoms with Gasteiger partial charge >= 0.3 is 0 Å². The second kappa shape index (κ2) is 11.6.